The lowest BCUT2D eigenvalue weighted by Gasteiger charge is -2.36. The lowest BCUT2D eigenvalue weighted by Crippen LogP contribution is -2.39. The van der Waals surface area contributed by atoms with Gasteiger partial charge in [0.15, 0.2) is 0 Å². The van der Waals surface area contributed by atoms with Crippen molar-refractivity contribution in [1.82, 2.24) is 15.0 Å². The quantitative estimate of drug-likeness (QED) is 0.818. The fourth-order valence-corrected chi connectivity index (χ4v) is 2.73. The van der Waals surface area contributed by atoms with Crippen LogP contribution in [0.25, 0.3) is 0 Å². The van der Waals surface area contributed by atoms with Gasteiger partial charge < -0.3 is 5.11 Å². The average Bonchev–Trinajstić information content (AvgIpc) is 2.68. The van der Waals surface area contributed by atoms with Crippen molar-refractivity contribution < 1.29 is 13.9 Å². The number of hydrogen-bond acceptors (Lipinski definition) is 3. The number of alkyl halides is 2. The van der Waals surface area contributed by atoms with Gasteiger partial charge in [0.1, 0.15) is 0 Å². The molecule has 0 bridgehead atoms. The molecule has 3 rings (SSSR count). The van der Waals surface area contributed by atoms with Gasteiger partial charge in [-0.3, -0.25) is 0 Å². The molecule has 1 unspecified atom stereocenters. The van der Waals surface area contributed by atoms with Crippen molar-refractivity contribution in [3.63, 3.8) is 0 Å². The fourth-order valence-electron chi connectivity index (χ4n) is 2.73. The van der Waals surface area contributed by atoms with Crippen LogP contribution in [-0.4, -0.2) is 31.6 Å². The van der Waals surface area contributed by atoms with E-state index in [9.17, 15) is 13.9 Å². The molecule has 2 aliphatic rings. The summed E-state index contributed by atoms with van der Waals surface area (Å²) in [5.74, 6) is -2.56. The largest absolute Gasteiger partial charge is 0.385 e. The van der Waals surface area contributed by atoms with Crippen LogP contribution in [0.5, 0.6) is 0 Å². The van der Waals surface area contributed by atoms with Gasteiger partial charge in [0.2, 0.25) is 0 Å². The fraction of sp³-hybridized carbons (Fsp3) is 0.667. The summed E-state index contributed by atoms with van der Waals surface area (Å²) in [5.41, 5.74) is 0.665. The van der Waals surface area contributed by atoms with Crippen LogP contribution in [0.2, 0.25) is 0 Å². The van der Waals surface area contributed by atoms with E-state index in [2.05, 4.69) is 16.9 Å². The number of hydrogen-bond donors (Lipinski definition) is 1. The van der Waals surface area contributed by atoms with E-state index in [0.29, 0.717) is 25.0 Å². The van der Waals surface area contributed by atoms with Crippen molar-refractivity contribution in [2.75, 3.05) is 0 Å². The van der Waals surface area contributed by atoms with Crippen LogP contribution in [0.1, 0.15) is 36.7 Å². The third kappa shape index (κ3) is 1.75. The average molecular weight is 255 g/mol. The van der Waals surface area contributed by atoms with Crippen LogP contribution in [-0.2, 0) is 12.8 Å². The van der Waals surface area contributed by atoms with E-state index in [1.54, 1.807) is 4.68 Å². The maximum Gasteiger partial charge on any atom is 0.252 e. The van der Waals surface area contributed by atoms with Gasteiger partial charge in [-0.2, -0.15) is 0 Å². The molecule has 1 saturated carbocycles. The maximum atomic E-state index is 12.9. The normalized spacial score (nSPS) is 30.6. The summed E-state index contributed by atoms with van der Waals surface area (Å²) in [6.45, 7) is 3.61. The van der Waals surface area contributed by atoms with Crippen molar-refractivity contribution >= 4 is 0 Å². The Kier molecular flexibility index (Phi) is 2.35. The minimum absolute atomic E-state index is 0.158. The SMILES string of the molecule is C=CC1(O)CCc2c(nnn2C2CC(F)(F)C2)C1. The van der Waals surface area contributed by atoms with Gasteiger partial charge >= 0.3 is 0 Å². The molecule has 1 N–H and O–H groups in total. The molecule has 6 heteroatoms. The van der Waals surface area contributed by atoms with Crippen LogP contribution < -0.4 is 0 Å². The Hall–Kier alpha value is -1.30. The summed E-state index contributed by atoms with van der Waals surface area (Å²) in [5, 5.41) is 18.1. The first kappa shape index (κ1) is 11.8. The number of fused-ring (bicyclic) bond motifs is 1. The van der Waals surface area contributed by atoms with Crippen LogP contribution in [0, 0.1) is 0 Å². The highest BCUT2D eigenvalue weighted by Gasteiger charge is 2.48. The highest BCUT2D eigenvalue weighted by molar-refractivity contribution is 5.22. The summed E-state index contributed by atoms with van der Waals surface area (Å²) >= 11 is 0. The molecule has 0 spiro atoms. The van der Waals surface area contributed by atoms with E-state index in [-0.39, 0.29) is 18.9 Å². The van der Waals surface area contributed by atoms with E-state index in [0.717, 1.165) is 5.69 Å². The van der Waals surface area contributed by atoms with Gasteiger partial charge in [-0.1, -0.05) is 11.3 Å². The monoisotopic (exact) mass is 255 g/mol. The minimum Gasteiger partial charge on any atom is -0.385 e. The Bertz CT molecular complexity index is 492. The molecular formula is C12H15F2N3O. The maximum absolute atomic E-state index is 12.9. The zero-order valence-electron chi connectivity index (χ0n) is 9.94. The summed E-state index contributed by atoms with van der Waals surface area (Å²) < 4.78 is 27.4. The number of aliphatic hydroxyl groups is 1. The standard InChI is InChI=1S/C12H15F2N3O/c1-2-11(18)4-3-10-9(7-11)15-16-17(10)8-5-12(13,14)6-8/h2,8,18H,1,3-7H2. The van der Waals surface area contributed by atoms with Crippen molar-refractivity contribution in [2.24, 2.45) is 0 Å². The topological polar surface area (TPSA) is 50.9 Å². The lowest BCUT2D eigenvalue weighted by molar-refractivity contribution is -0.108. The first-order valence-electron chi connectivity index (χ1n) is 6.09. The lowest BCUT2D eigenvalue weighted by atomic mass is 9.84. The minimum atomic E-state index is -2.56. The Labute approximate surface area is 103 Å². The van der Waals surface area contributed by atoms with E-state index < -0.39 is 11.5 Å². The molecule has 1 aromatic heterocycles. The second kappa shape index (κ2) is 3.60. The molecule has 0 aromatic carbocycles. The van der Waals surface area contributed by atoms with E-state index in [1.807, 2.05) is 0 Å². The van der Waals surface area contributed by atoms with Crippen molar-refractivity contribution in [3.05, 3.63) is 24.0 Å². The highest BCUT2D eigenvalue weighted by atomic mass is 19.3. The van der Waals surface area contributed by atoms with E-state index >= 15 is 0 Å². The molecule has 1 heterocycles. The first-order chi connectivity index (χ1) is 8.42. The number of aromatic nitrogens is 3. The van der Waals surface area contributed by atoms with E-state index in [1.165, 1.54) is 6.08 Å². The Morgan fingerprint density at radius 3 is 2.78 bits per heavy atom. The Morgan fingerprint density at radius 1 is 1.44 bits per heavy atom. The Balaban J connectivity index is 1.83. The first-order valence-corrected chi connectivity index (χ1v) is 6.09. The van der Waals surface area contributed by atoms with Crippen LogP contribution >= 0.6 is 0 Å². The number of nitrogens with zero attached hydrogens (tertiary/aromatic N) is 3. The van der Waals surface area contributed by atoms with Gasteiger partial charge in [0.25, 0.3) is 5.92 Å². The molecule has 18 heavy (non-hydrogen) atoms. The molecule has 0 saturated heterocycles. The van der Waals surface area contributed by atoms with Crippen molar-refractivity contribution in [1.29, 1.82) is 0 Å². The van der Waals surface area contributed by atoms with Gasteiger partial charge in [-0.25, -0.2) is 13.5 Å². The summed E-state index contributed by atoms with van der Waals surface area (Å²) in [6.07, 6.45) is 2.72. The molecule has 1 aromatic rings. The highest BCUT2D eigenvalue weighted by Crippen LogP contribution is 2.46. The Morgan fingerprint density at radius 2 is 2.17 bits per heavy atom. The van der Waals surface area contributed by atoms with Crippen molar-refractivity contribution in [2.45, 2.75) is 49.7 Å². The molecular weight excluding hydrogens is 240 g/mol. The summed E-state index contributed by atoms with van der Waals surface area (Å²) in [7, 11) is 0. The summed E-state index contributed by atoms with van der Waals surface area (Å²) in [4.78, 5) is 0. The van der Waals surface area contributed by atoms with Crippen molar-refractivity contribution in [3.8, 4) is 0 Å². The molecule has 0 radical (unpaired) electrons. The zero-order valence-corrected chi connectivity index (χ0v) is 9.94. The second-order valence-electron chi connectivity index (χ2n) is 5.33. The third-order valence-electron chi connectivity index (χ3n) is 3.93. The zero-order chi connectivity index (χ0) is 13.0. The predicted molar refractivity (Wildman–Crippen MR) is 60.4 cm³/mol. The molecule has 1 fully saturated rings. The van der Waals surface area contributed by atoms with Gasteiger partial charge in [-0.05, 0) is 12.8 Å². The predicted octanol–water partition coefficient (Wildman–Crippen LogP) is 1.65. The van der Waals surface area contributed by atoms with E-state index in [4.69, 9.17) is 0 Å². The van der Waals surface area contributed by atoms with Crippen LogP contribution in [0.3, 0.4) is 0 Å². The number of rotatable bonds is 2. The molecule has 2 aliphatic carbocycles. The van der Waals surface area contributed by atoms with Gasteiger partial charge in [0, 0.05) is 19.3 Å². The molecule has 0 aliphatic heterocycles. The third-order valence-corrected chi connectivity index (χ3v) is 3.93. The van der Waals surface area contributed by atoms with Crippen LogP contribution in [0.15, 0.2) is 12.7 Å². The van der Waals surface area contributed by atoms with Gasteiger partial charge in [0.05, 0.1) is 23.0 Å². The smallest absolute Gasteiger partial charge is 0.252 e. The van der Waals surface area contributed by atoms with Crippen LogP contribution in [0.4, 0.5) is 8.78 Å². The molecule has 1 atom stereocenters. The second-order valence-corrected chi connectivity index (χ2v) is 5.33. The molecule has 4 nitrogen and oxygen atoms in total. The molecule has 0 amide bonds. The van der Waals surface area contributed by atoms with Gasteiger partial charge in [-0.15, -0.1) is 11.7 Å². The summed E-state index contributed by atoms with van der Waals surface area (Å²) in [6, 6.07) is -0.244. The number of halogens is 2. The molecule has 98 valence electrons.